The van der Waals surface area contributed by atoms with Gasteiger partial charge in [-0.05, 0) is 35.0 Å². The van der Waals surface area contributed by atoms with Crippen molar-refractivity contribution >= 4 is 32.7 Å². The number of aromatic amines is 1. The zero-order valence-electron chi connectivity index (χ0n) is 9.72. The third kappa shape index (κ3) is 2.24. The number of carboxylic acids is 1. The first-order valence-corrected chi connectivity index (χ1v) is 6.41. The Bertz CT molecular complexity index is 780. The Kier molecular flexibility index (Phi) is 2.83. The van der Waals surface area contributed by atoms with E-state index in [0.29, 0.717) is 5.69 Å². The van der Waals surface area contributed by atoms with E-state index in [1.165, 1.54) is 6.07 Å². The summed E-state index contributed by atoms with van der Waals surface area (Å²) in [6, 6.07) is 13.5. The van der Waals surface area contributed by atoms with Gasteiger partial charge in [-0.15, -0.1) is 0 Å². The Morgan fingerprint density at radius 2 is 1.84 bits per heavy atom. The summed E-state index contributed by atoms with van der Waals surface area (Å²) in [6.07, 6.45) is 0. The predicted octanol–water partition coefficient (Wildman–Crippen LogP) is 3.69. The molecule has 0 fully saturated rings. The molecule has 4 nitrogen and oxygen atoms in total. The standard InChI is InChI=1S/C14H9BrN2O2/c15-11-4-3-8-5-10(2-1-9(8)6-11)12-7-13(14(18)19)17-16-12/h1-7H,(H,16,17)(H,18,19). The molecule has 0 spiro atoms. The van der Waals surface area contributed by atoms with Crippen LogP contribution in [0.15, 0.2) is 46.9 Å². The van der Waals surface area contributed by atoms with Crippen molar-refractivity contribution in [3.63, 3.8) is 0 Å². The third-order valence-electron chi connectivity index (χ3n) is 2.91. The van der Waals surface area contributed by atoms with Crippen molar-refractivity contribution in [2.75, 3.05) is 0 Å². The van der Waals surface area contributed by atoms with E-state index in [1.54, 1.807) is 0 Å². The highest BCUT2D eigenvalue weighted by molar-refractivity contribution is 9.10. The number of fused-ring (bicyclic) bond motifs is 1. The minimum Gasteiger partial charge on any atom is -0.477 e. The van der Waals surface area contributed by atoms with E-state index < -0.39 is 5.97 Å². The second-order valence-corrected chi connectivity index (χ2v) is 5.09. The van der Waals surface area contributed by atoms with Gasteiger partial charge in [-0.25, -0.2) is 4.79 Å². The van der Waals surface area contributed by atoms with Crippen LogP contribution < -0.4 is 0 Å². The number of H-pyrrole nitrogens is 1. The van der Waals surface area contributed by atoms with Gasteiger partial charge in [0.1, 0.15) is 5.69 Å². The summed E-state index contributed by atoms with van der Waals surface area (Å²) >= 11 is 3.43. The Morgan fingerprint density at radius 3 is 2.58 bits per heavy atom. The first-order valence-electron chi connectivity index (χ1n) is 5.62. The summed E-state index contributed by atoms with van der Waals surface area (Å²) < 4.78 is 1.03. The zero-order chi connectivity index (χ0) is 13.4. The highest BCUT2D eigenvalue weighted by Crippen LogP contribution is 2.25. The molecular weight excluding hydrogens is 308 g/mol. The van der Waals surface area contributed by atoms with Crippen molar-refractivity contribution in [1.82, 2.24) is 10.2 Å². The average Bonchev–Trinajstić information content (AvgIpc) is 2.88. The first kappa shape index (κ1) is 11.9. The Morgan fingerprint density at radius 1 is 1.11 bits per heavy atom. The highest BCUT2D eigenvalue weighted by atomic mass is 79.9. The topological polar surface area (TPSA) is 66.0 Å². The number of nitrogens with one attached hydrogen (secondary N) is 1. The van der Waals surface area contributed by atoms with Crippen LogP contribution in [0.3, 0.4) is 0 Å². The maximum absolute atomic E-state index is 10.8. The molecule has 1 heterocycles. The van der Waals surface area contributed by atoms with Crippen molar-refractivity contribution in [2.45, 2.75) is 0 Å². The molecule has 3 rings (SSSR count). The SMILES string of the molecule is O=C(O)c1cc(-c2ccc3cc(Br)ccc3c2)n[nH]1. The molecule has 19 heavy (non-hydrogen) atoms. The van der Waals surface area contributed by atoms with Gasteiger partial charge in [-0.3, -0.25) is 5.10 Å². The molecule has 0 bridgehead atoms. The second-order valence-electron chi connectivity index (χ2n) is 4.18. The van der Waals surface area contributed by atoms with Gasteiger partial charge < -0.3 is 5.11 Å². The summed E-state index contributed by atoms with van der Waals surface area (Å²) in [5.74, 6) is -1.01. The van der Waals surface area contributed by atoms with Crippen molar-refractivity contribution in [3.05, 3.63) is 52.6 Å². The van der Waals surface area contributed by atoms with Gasteiger partial charge in [0.15, 0.2) is 0 Å². The molecule has 0 saturated heterocycles. The lowest BCUT2D eigenvalue weighted by Crippen LogP contribution is -1.95. The van der Waals surface area contributed by atoms with E-state index in [4.69, 9.17) is 5.11 Å². The molecule has 0 aliphatic heterocycles. The van der Waals surface area contributed by atoms with Gasteiger partial charge in [0.25, 0.3) is 0 Å². The van der Waals surface area contributed by atoms with Gasteiger partial charge in [0.2, 0.25) is 0 Å². The van der Waals surface area contributed by atoms with Gasteiger partial charge in [0, 0.05) is 10.0 Å². The Balaban J connectivity index is 2.09. The summed E-state index contributed by atoms with van der Waals surface area (Å²) in [7, 11) is 0. The van der Waals surface area contributed by atoms with Crippen LogP contribution in [0.2, 0.25) is 0 Å². The number of rotatable bonds is 2. The molecule has 2 N–H and O–H groups in total. The largest absolute Gasteiger partial charge is 0.477 e. The minimum absolute atomic E-state index is 0.0888. The van der Waals surface area contributed by atoms with Crippen LogP contribution in [0.5, 0.6) is 0 Å². The number of nitrogens with zero attached hydrogens (tertiary/aromatic N) is 1. The van der Waals surface area contributed by atoms with Crippen LogP contribution in [0.4, 0.5) is 0 Å². The van der Waals surface area contributed by atoms with Gasteiger partial charge >= 0.3 is 5.97 Å². The average molecular weight is 317 g/mol. The van der Waals surface area contributed by atoms with Crippen LogP contribution in [0.1, 0.15) is 10.5 Å². The molecule has 0 amide bonds. The van der Waals surface area contributed by atoms with Crippen molar-refractivity contribution in [2.24, 2.45) is 0 Å². The van der Waals surface area contributed by atoms with E-state index in [0.717, 1.165) is 20.8 Å². The number of halogens is 1. The smallest absolute Gasteiger partial charge is 0.353 e. The van der Waals surface area contributed by atoms with Crippen LogP contribution in [0.25, 0.3) is 22.0 Å². The molecule has 0 saturated carbocycles. The summed E-state index contributed by atoms with van der Waals surface area (Å²) in [5, 5.41) is 17.6. The molecule has 2 aromatic carbocycles. The molecule has 94 valence electrons. The van der Waals surface area contributed by atoms with Gasteiger partial charge in [0.05, 0.1) is 5.69 Å². The maximum Gasteiger partial charge on any atom is 0.353 e. The number of aromatic nitrogens is 2. The van der Waals surface area contributed by atoms with Crippen LogP contribution >= 0.6 is 15.9 Å². The molecule has 0 aliphatic carbocycles. The lowest BCUT2D eigenvalue weighted by atomic mass is 10.1. The quantitative estimate of drug-likeness (QED) is 0.757. The fourth-order valence-corrected chi connectivity index (χ4v) is 2.33. The van der Waals surface area contributed by atoms with Gasteiger partial charge in [-0.2, -0.15) is 5.10 Å². The molecule has 1 aromatic heterocycles. The molecule has 3 aromatic rings. The van der Waals surface area contributed by atoms with E-state index in [1.807, 2.05) is 36.4 Å². The number of benzene rings is 2. The Hall–Kier alpha value is -2.14. The predicted molar refractivity (Wildman–Crippen MR) is 76.2 cm³/mol. The van der Waals surface area contributed by atoms with E-state index >= 15 is 0 Å². The normalized spacial score (nSPS) is 10.8. The monoisotopic (exact) mass is 316 g/mol. The van der Waals surface area contributed by atoms with E-state index in [2.05, 4.69) is 26.1 Å². The number of aromatic carboxylic acids is 1. The molecule has 5 heteroatoms. The van der Waals surface area contributed by atoms with E-state index in [-0.39, 0.29) is 5.69 Å². The van der Waals surface area contributed by atoms with Gasteiger partial charge in [-0.1, -0.05) is 34.1 Å². The van der Waals surface area contributed by atoms with Crippen molar-refractivity contribution < 1.29 is 9.90 Å². The van der Waals surface area contributed by atoms with Crippen LogP contribution in [-0.2, 0) is 0 Å². The zero-order valence-corrected chi connectivity index (χ0v) is 11.3. The van der Waals surface area contributed by atoms with E-state index in [9.17, 15) is 4.79 Å². The molecule has 0 aliphatic rings. The lowest BCUT2D eigenvalue weighted by Gasteiger charge is -2.01. The summed E-state index contributed by atoms with van der Waals surface area (Å²) in [6.45, 7) is 0. The summed E-state index contributed by atoms with van der Waals surface area (Å²) in [4.78, 5) is 10.8. The number of carboxylic acid groups (broad SMARTS) is 1. The second kappa shape index (κ2) is 4.51. The highest BCUT2D eigenvalue weighted by Gasteiger charge is 2.09. The van der Waals surface area contributed by atoms with Crippen LogP contribution in [0, 0.1) is 0 Å². The fourth-order valence-electron chi connectivity index (χ4n) is 1.96. The number of hydrogen-bond acceptors (Lipinski definition) is 2. The third-order valence-corrected chi connectivity index (χ3v) is 3.40. The molecule has 0 radical (unpaired) electrons. The Labute approximate surface area is 117 Å². The fraction of sp³-hybridized carbons (Fsp3) is 0. The number of hydrogen-bond donors (Lipinski definition) is 2. The molecule has 0 atom stereocenters. The maximum atomic E-state index is 10.8. The minimum atomic E-state index is -1.01. The lowest BCUT2D eigenvalue weighted by molar-refractivity contribution is 0.0690. The molecular formula is C14H9BrN2O2. The first-order chi connectivity index (χ1) is 9.13. The number of carbonyl (C=O) groups is 1. The van der Waals surface area contributed by atoms with Crippen molar-refractivity contribution in [1.29, 1.82) is 0 Å². The summed E-state index contributed by atoms with van der Waals surface area (Å²) in [5.41, 5.74) is 1.60. The van der Waals surface area contributed by atoms with Crippen molar-refractivity contribution in [3.8, 4) is 11.3 Å². The molecule has 0 unspecified atom stereocenters. The van der Waals surface area contributed by atoms with Crippen LogP contribution in [-0.4, -0.2) is 21.3 Å².